The number of aliphatic hydroxyl groups is 1. The Hall–Kier alpha value is -0.120. The molecule has 2 saturated heterocycles. The van der Waals surface area contributed by atoms with Crippen molar-refractivity contribution in [2.45, 2.75) is 18.9 Å². The summed E-state index contributed by atoms with van der Waals surface area (Å²) >= 11 is 0. The van der Waals surface area contributed by atoms with Crippen LogP contribution in [-0.2, 0) is 0 Å². The van der Waals surface area contributed by atoms with Crippen LogP contribution in [0.1, 0.15) is 12.8 Å². The SMILES string of the molecule is CN1CC(CN2CCCC2CO)C1. The average molecular weight is 184 g/mol. The van der Waals surface area contributed by atoms with E-state index in [1.54, 1.807) is 0 Å². The molecule has 13 heavy (non-hydrogen) atoms. The lowest BCUT2D eigenvalue weighted by atomic mass is 10.0. The Bertz CT molecular complexity index is 168. The average Bonchev–Trinajstić information content (AvgIpc) is 2.49. The second-order valence-corrected chi connectivity index (χ2v) is 4.56. The molecule has 2 fully saturated rings. The first-order valence-electron chi connectivity index (χ1n) is 5.33. The molecule has 0 spiro atoms. The molecule has 3 heteroatoms. The molecular weight excluding hydrogens is 164 g/mol. The summed E-state index contributed by atoms with van der Waals surface area (Å²) in [4.78, 5) is 4.83. The van der Waals surface area contributed by atoms with Crippen molar-refractivity contribution in [2.24, 2.45) is 5.92 Å². The van der Waals surface area contributed by atoms with Crippen LogP contribution in [-0.4, -0.2) is 60.8 Å². The summed E-state index contributed by atoms with van der Waals surface area (Å²) in [6, 6.07) is 0.464. The molecule has 0 aliphatic carbocycles. The number of nitrogens with zero attached hydrogens (tertiary/aromatic N) is 2. The third-order valence-corrected chi connectivity index (χ3v) is 3.34. The molecule has 3 nitrogen and oxygen atoms in total. The van der Waals surface area contributed by atoms with Gasteiger partial charge in [0.2, 0.25) is 0 Å². The van der Waals surface area contributed by atoms with E-state index in [0.29, 0.717) is 12.6 Å². The van der Waals surface area contributed by atoms with Gasteiger partial charge in [-0.3, -0.25) is 4.90 Å². The molecule has 1 atom stereocenters. The second-order valence-electron chi connectivity index (χ2n) is 4.56. The maximum Gasteiger partial charge on any atom is 0.0586 e. The Morgan fingerprint density at radius 1 is 1.38 bits per heavy atom. The molecular formula is C10H20N2O. The van der Waals surface area contributed by atoms with E-state index < -0.39 is 0 Å². The van der Waals surface area contributed by atoms with Gasteiger partial charge < -0.3 is 10.0 Å². The predicted octanol–water partition coefficient (Wildman–Crippen LogP) is 0.00470. The summed E-state index contributed by atoms with van der Waals surface area (Å²) in [5, 5.41) is 9.14. The van der Waals surface area contributed by atoms with Crippen molar-refractivity contribution < 1.29 is 5.11 Å². The fraction of sp³-hybridized carbons (Fsp3) is 1.00. The molecule has 0 bridgehead atoms. The van der Waals surface area contributed by atoms with Crippen LogP contribution in [0.5, 0.6) is 0 Å². The van der Waals surface area contributed by atoms with E-state index in [0.717, 1.165) is 5.92 Å². The first-order chi connectivity index (χ1) is 6.29. The smallest absolute Gasteiger partial charge is 0.0586 e. The summed E-state index contributed by atoms with van der Waals surface area (Å²) in [5.74, 6) is 0.858. The first-order valence-corrected chi connectivity index (χ1v) is 5.33. The highest BCUT2D eigenvalue weighted by molar-refractivity contribution is 4.85. The zero-order chi connectivity index (χ0) is 9.26. The van der Waals surface area contributed by atoms with E-state index in [-0.39, 0.29) is 0 Å². The van der Waals surface area contributed by atoms with Crippen LogP contribution in [0.2, 0.25) is 0 Å². The minimum Gasteiger partial charge on any atom is -0.395 e. The van der Waals surface area contributed by atoms with Gasteiger partial charge in [-0.15, -0.1) is 0 Å². The maximum absolute atomic E-state index is 9.14. The van der Waals surface area contributed by atoms with Gasteiger partial charge in [-0.05, 0) is 32.4 Å². The molecule has 1 N–H and O–H groups in total. The van der Waals surface area contributed by atoms with Crippen LogP contribution in [0.3, 0.4) is 0 Å². The molecule has 76 valence electrons. The monoisotopic (exact) mass is 184 g/mol. The minimum atomic E-state index is 0.350. The van der Waals surface area contributed by atoms with Crippen molar-refractivity contribution in [1.82, 2.24) is 9.80 Å². The molecule has 0 aromatic rings. The fourth-order valence-electron chi connectivity index (χ4n) is 2.62. The number of hydrogen-bond acceptors (Lipinski definition) is 3. The fourth-order valence-corrected chi connectivity index (χ4v) is 2.62. The lowest BCUT2D eigenvalue weighted by Crippen LogP contribution is -2.50. The number of aliphatic hydroxyl groups excluding tert-OH is 1. The zero-order valence-electron chi connectivity index (χ0n) is 8.45. The molecule has 0 aromatic heterocycles. The Morgan fingerprint density at radius 3 is 2.77 bits per heavy atom. The predicted molar refractivity (Wildman–Crippen MR) is 52.7 cm³/mol. The van der Waals surface area contributed by atoms with Gasteiger partial charge in [-0.2, -0.15) is 0 Å². The van der Waals surface area contributed by atoms with E-state index in [4.69, 9.17) is 5.11 Å². The summed E-state index contributed by atoms with van der Waals surface area (Å²) in [7, 11) is 2.17. The van der Waals surface area contributed by atoms with Crippen LogP contribution >= 0.6 is 0 Å². The Balaban J connectivity index is 1.74. The van der Waals surface area contributed by atoms with Gasteiger partial charge in [0.15, 0.2) is 0 Å². The summed E-state index contributed by atoms with van der Waals surface area (Å²) in [5.41, 5.74) is 0. The lowest BCUT2D eigenvalue weighted by molar-refractivity contribution is 0.0713. The minimum absolute atomic E-state index is 0.350. The van der Waals surface area contributed by atoms with Crippen LogP contribution in [0.25, 0.3) is 0 Å². The normalized spacial score (nSPS) is 32.3. The van der Waals surface area contributed by atoms with Crippen molar-refractivity contribution in [3.05, 3.63) is 0 Å². The van der Waals surface area contributed by atoms with Gasteiger partial charge in [-0.1, -0.05) is 0 Å². The summed E-state index contributed by atoms with van der Waals surface area (Å²) < 4.78 is 0. The molecule has 1 unspecified atom stereocenters. The van der Waals surface area contributed by atoms with Crippen LogP contribution in [0.4, 0.5) is 0 Å². The highest BCUT2D eigenvalue weighted by atomic mass is 16.3. The van der Waals surface area contributed by atoms with E-state index in [1.165, 1.54) is 39.0 Å². The second kappa shape index (κ2) is 3.95. The van der Waals surface area contributed by atoms with Crippen LogP contribution < -0.4 is 0 Å². The molecule has 0 radical (unpaired) electrons. The van der Waals surface area contributed by atoms with Gasteiger partial charge in [0.25, 0.3) is 0 Å². The van der Waals surface area contributed by atoms with Crippen molar-refractivity contribution in [1.29, 1.82) is 0 Å². The van der Waals surface area contributed by atoms with Gasteiger partial charge >= 0.3 is 0 Å². The standard InChI is InChI=1S/C10H20N2O/c1-11-5-9(6-11)7-12-4-2-3-10(12)8-13/h9-10,13H,2-8H2,1H3. The largest absolute Gasteiger partial charge is 0.395 e. The first kappa shape index (κ1) is 9.44. The van der Waals surface area contributed by atoms with E-state index in [2.05, 4.69) is 16.8 Å². The molecule has 2 heterocycles. The molecule has 2 aliphatic rings. The van der Waals surface area contributed by atoms with Gasteiger partial charge in [0.05, 0.1) is 6.61 Å². The Morgan fingerprint density at radius 2 is 2.15 bits per heavy atom. The van der Waals surface area contributed by atoms with Crippen molar-refractivity contribution in [2.75, 3.05) is 39.8 Å². The van der Waals surface area contributed by atoms with Crippen molar-refractivity contribution in [3.8, 4) is 0 Å². The lowest BCUT2D eigenvalue weighted by Gasteiger charge is -2.39. The quantitative estimate of drug-likeness (QED) is 0.669. The topological polar surface area (TPSA) is 26.7 Å². The highest BCUT2D eigenvalue weighted by Crippen LogP contribution is 2.21. The van der Waals surface area contributed by atoms with E-state index in [1.807, 2.05) is 0 Å². The molecule has 0 aromatic carbocycles. The molecule has 2 aliphatic heterocycles. The Labute approximate surface area is 80.3 Å². The molecule has 2 rings (SSSR count). The summed E-state index contributed by atoms with van der Waals surface area (Å²) in [6.07, 6.45) is 2.47. The third-order valence-electron chi connectivity index (χ3n) is 3.34. The van der Waals surface area contributed by atoms with E-state index in [9.17, 15) is 0 Å². The van der Waals surface area contributed by atoms with E-state index >= 15 is 0 Å². The maximum atomic E-state index is 9.14. The highest BCUT2D eigenvalue weighted by Gasteiger charge is 2.30. The van der Waals surface area contributed by atoms with Crippen molar-refractivity contribution >= 4 is 0 Å². The summed E-state index contributed by atoms with van der Waals surface area (Å²) in [6.45, 7) is 5.24. The molecule has 0 saturated carbocycles. The third kappa shape index (κ3) is 2.03. The van der Waals surface area contributed by atoms with Gasteiger partial charge in [0.1, 0.15) is 0 Å². The van der Waals surface area contributed by atoms with Gasteiger partial charge in [0, 0.05) is 25.7 Å². The Kier molecular flexibility index (Phi) is 2.86. The zero-order valence-corrected chi connectivity index (χ0v) is 8.45. The van der Waals surface area contributed by atoms with Crippen LogP contribution in [0.15, 0.2) is 0 Å². The number of hydrogen-bond donors (Lipinski definition) is 1. The van der Waals surface area contributed by atoms with Crippen LogP contribution in [0, 0.1) is 5.92 Å². The number of likely N-dealkylation sites (tertiary alicyclic amines) is 2. The molecule has 0 amide bonds. The van der Waals surface area contributed by atoms with Gasteiger partial charge in [-0.25, -0.2) is 0 Å². The number of rotatable bonds is 3. The van der Waals surface area contributed by atoms with Crippen molar-refractivity contribution in [3.63, 3.8) is 0 Å².